The number of benzene rings is 8. The predicted octanol–water partition coefficient (Wildman–Crippen LogP) is 12.3. The van der Waals surface area contributed by atoms with Crippen LogP contribution in [0.4, 0.5) is 0 Å². The Labute approximate surface area is 299 Å². The van der Waals surface area contributed by atoms with Gasteiger partial charge in [-0.25, -0.2) is 9.97 Å². The summed E-state index contributed by atoms with van der Waals surface area (Å²) < 4.78 is 4.78. The normalized spacial score (nSPS) is 11.8. The molecule has 0 aliphatic carbocycles. The smallest absolute Gasteiger partial charge is 0.162 e. The molecule has 0 amide bonds. The van der Waals surface area contributed by atoms with E-state index in [0.29, 0.717) is 5.82 Å². The van der Waals surface area contributed by atoms with Crippen molar-refractivity contribution in [2.45, 2.75) is 0 Å². The van der Waals surface area contributed by atoms with Gasteiger partial charge in [0, 0.05) is 44.4 Å². The molecule has 11 rings (SSSR count). The molecule has 4 heteroatoms. The zero-order chi connectivity index (χ0) is 34.2. The van der Waals surface area contributed by atoms with E-state index in [1.165, 1.54) is 43.2 Å². The van der Waals surface area contributed by atoms with Gasteiger partial charge < -0.3 is 4.57 Å². The lowest BCUT2D eigenvalue weighted by atomic mass is 10.0. The molecule has 0 saturated heterocycles. The minimum absolute atomic E-state index is 0.688. The monoisotopic (exact) mass is 662 g/mol. The average Bonchev–Trinajstić information content (AvgIpc) is 3.74. The van der Waals surface area contributed by atoms with Crippen LogP contribution < -0.4 is 0 Å². The van der Waals surface area contributed by atoms with Gasteiger partial charge in [0.15, 0.2) is 5.82 Å². The van der Waals surface area contributed by atoms with Crippen LogP contribution >= 0.6 is 0 Å². The van der Waals surface area contributed by atoms with Gasteiger partial charge in [-0.05, 0) is 57.9 Å². The summed E-state index contributed by atoms with van der Waals surface area (Å²) in [6.45, 7) is 0. The maximum atomic E-state index is 5.45. The number of hydrogen-bond donors (Lipinski definition) is 0. The highest BCUT2D eigenvalue weighted by Crippen LogP contribution is 2.42. The Morgan fingerprint density at radius 2 is 0.865 bits per heavy atom. The molecule has 0 saturated carbocycles. The zero-order valence-electron chi connectivity index (χ0n) is 28.1. The molecule has 0 fully saturated rings. The number of fused-ring (bicyclic) bond motifs is 9. The molecule has 0 bridgehead atoms. The molecule has 3 aromatic heterocycles. The third-order valence-corrected chi connectivity index (χ3v) is 10.5. The van der Waals surface area contributed by atoms with E-state index in [0.717, 1.165) is 50.3 Å². The van der Waals surface area contributed by atoms with E-state index in [1.807, 2.05) is 0 Å². The zero-order valence-corrected chi connectivity index (χ0v) is 28.1. The second-order valence-electron chi connectivity index (χ2n) is 13.5. The average molecular weight is 663 g/mol. The minimum Gasteiger partial charge on any atom is -0.307 e. The summed E-state index contributed by atoms with van der Waals surface area (Å²) in [6.07, 6.45) is 0. The summed E-state index contributed by atoms with van der Waals surface area (Å²) >= 11 is 0. The third kappa shape index (κ3) is 4.34. The third-order valence-electron chi connectivity index (χ3n) is 10.5. The summed E-state index contributed by atoms with van der Waals surface area (Å²) in [7, 11) is 0. The van der Waals surface area contributed by atoms with Gasteiger partial charge in [0.2, 0.25) is 0 Å². The molecule has 3 heterocycles. The van der Waals surface area contributed by atoms with Crippen LogP contribution in [0, 0.1) is 0 Å². The first-order valence-corrected chi connectivity index (χ1v) is 17.7. The summed E-state index contributed by atoms with van der Waals surface area (Å²) in [6, 6.07) is 64.9. The Kier molecular flexibility index (Phi) is 6.22. The van der Waals surface area contributed by atoms with Gasteiger partial charge in [0.05, 0.1) is 27.8 Å². The standard InChI is InChI=1S/C48H30N4/c1-2-16-37(17-3-1)51-43-20-10-8-18-38(43)40-26-27-41-39-19-9-11-21-44(39)52(47(41)46(40)51)45-30-42(35-24-22-31-12-4-6-14-33(31)28-35)49-48(50-45)36-25-23-32-13-5-7-15-34(32)29-36/h1-30H. The van der Waals surface area contributed by atoms with Crippen LogP contribution in [0.1, 0.15) is 0 Å². The van der Waals surface area contributed by atoms with Crippen LogP contribution in [0.2, 0.25) is 0 Å². The van der Waals surface area contributed by atoms with Gasteiger partial charge in [0.25, 0.3) is 0 Å². The summed E-state index contributed by atoms with van der Waals surface area (Å²) in [5.41, 5.74) is 8.56. The topological polar surface area (TPSA) is 35.6 Å². The van der Waals surface area contributed by atoms with Gasteiger partial charge in [-0.1, -0.05) is 140 Å². The Morgan fingerprint density at radius 3 is 1.54 bits per heavy atom. The van der Waals surface area contributed by atoms with E-state index >= 15 is 0 Å². The second kappa shape index (κ2) is 11.2. The minimum atomic E-state index is 0.688. The molecule has 0 atom stereocenters. The first-order valence-electron chi connectivity index (χ1n) is 17.7. The number of hydrogen-bond acceptors (Lipinski definition) is 2. The molecule has 11 aromatic rings. The fraction of sp³-hybridized carbons (Fsp3) is 0. The van der Waals surface area contributed by atoms with Crippen LogP contribution in [0.3, 0.4) is 0 Å². The van der Waals surface area contributed by atoms with Gasteiger partial charge in [-0.3, -0.25) is 4.57 Å². The van der Waals surface area contributed by atoms with E-state index in [1.54, 1.807) is 0 Å². The lowest BCUT2D eigenvalue weighted by Gasteiger charge is -2.14. The van der Waals surface area contributed by atoms with Crippen molar-refractivity contribution in [1.29, 1.82) is 0 Å². The van der Waals surface area contributed by atoms with E-state index in [-0.39, 0.29) is 0 Å². The molecule has 8 aromatic carbocycles. The Balaban J connectivity index is 1.28. The van der Waals surface area contributed by atoms with Crippen molar-refractivity contribution >= 4 is 65.2 Å². The van der Waals surface area contributed by atoms with Gasteiger partial charge >= 0.3 is 0 Å². The van der Waals surface area contributed by atoms with Crippen LogP contribution in [-0.2, 0) is 0 Å². The van der Waals surface area contributed by atoms with Crippen molar-refractivity contribution in [3.63, 3.8) is 0 Å². The van der Waals surface area contributed by atoms with Gasteiger partial charge in [-0.15, -0.1) is 0 Å². The van der Waals surface area contributed by atoms with E-state index in [9.17, 15) is 0 Å². The fourth-order valence-electron chi connectivity index (χ4n) is 8.09. The van der Waals surface area contributed by atoms with Crippen molar-refractivity contribution in [3.8, 4) is 34.2 Å². The van der Waals surface area contributed by atoms with E-state index in [2.05, 4.69) is 191 Å². The summed E-state index contributed by atoms with van der Waals surface area (Å²) in [5.74, 6) is 1.51. The molecular weight excluding hydrogens is 633 g/mol. The van der Waals surface area contributed by atoms with Gasteiger partial charge in [-0.2, -0.15) is 0 Å². The molecule has 242 valence electrons. The highest BCUT2D eigenvalue weighted by atomic mass is 15.1. The highest BCUT2D eigenvalue weighted by Gasteiger charge is 2.22. The van der Waals surface area contributed by atoms with Crippen molar-refractivity contribution in [2.24, 2.45) is 0 Å². The summed E-state index contributed by atoms with van der Waals surface area (Å²) in [4.78, 5) is 10.7. The quantitative estimate of drug-likeness (QED) is 0.188. The molecule has 52 heavy (non-hydrogen) atoms. The van der Waals surface area contributed by atoms with Crippen molar-refractivity contribution in [1.82, 2.24) is 19.1 Å². The lowest BCUT2D eigenvalue weighted by Crippen LogP contribution is -2.04. The van der Waals surface area contributed by atoms with Crippen LogP contribution in [0.5, 0.6) is 0 Å². The van der Waals surface area contributed by atoms with E-state index < -0.39 is 0 Å². The number of rotatable bonds is 4. The number of nitrogens with zero attached hydrogens (tertiary/aromatic N) is 4. The van der Waals surface area contributed by atoms with Crippen molar-refractivity contribution in [3.05, 3.63) is 182 Å². The number of para-hydroxylation sites is 3. The molecule has 0 N–H and O–H groups in total. The van der Waals surface area contributed by atoms with Gasteiger partial charge in [0.1, 0.15) is 5.82 Å². The second-order valence-corrected chi connectivity index (χ2v) is 13.5. The first kappa shape index (κ1) is 28.8. The maximum absolute atomic E-state index is 5.45. The number of aromatic nitrogens is 4. The molecule has 0 radical (unpaired) electrons. The van der Waals surface area contributed by atoms with Crippen LogP contribution in [0.15, 0.2) is 182 Å². The Hall–Kier alpha value is -7.04. The first-order chi connectivity index (χ1) is 25.8. The molecule has 0 aliphatic heterocycles. The molecule has 4 nitrogen and oxygen atoms in total. The van der Waals surface area contributed by atoms with Crippen LogP contribution in [-0.4, -0.2) is 19.1 Å². The predicted molar refractivity (Wildman–Crippen MR) is 217 cm³/mol. The SMILES string of the molecule is c1ccc(-n2c3ccccc3c3ccc4c5ccccc5n(-c5cc(-c6ccc7ccccc7c6)nc(-c6ccc7ccccc7c6)n5)c4c32)cc1. The van der Waals surface area contributed by atoms with E-state index in [4.69, 9.17) is 9.97 Å². The molecule has 0 spiro atoms. The molecular formula is C48H30N4. The largest absolute Gasteiger partial charge is 0.307 e. The molecule has 0 aliphatic rings. The maximum Gasteiger partial charge on any atom is 0.162 e. The lowest BCUT2D eigenvalue weighted by molar-refractivity contribution is 1.05. The van der Waals surface area contributed by atoms with Crippen molar-refractivity contribution < 1.29 is 0 Å². The summed E-state index contributed by atoms with van der Waals surface area (Å²) in [5, 5.41) is 9.52. The van der Waals surface area contributed by atoms with Crippen molar-refractivity contribution in [2.75, 3.05) is 0 Å². The Morgan fingerprint density at radius 1 is 0.346 bits per heavy atom. The van der Waals surface area contributed by atoms with Crippen LogP contribution in [0.25, 0.3) is 99.3 Å². The Bertz CT molecular complexity index is 3090. The molecule has 0 unspecified atom stereocenters. The highest BCUT2D eigenvalue weighted by molar-refractivity contribution is 6.23. The fourth-order valence-corrected chi connectivity index (χ4v) is 8.09.